The van der Waals surface area contributed by atoms with Crippen molar-refractivity contribution in [3.05, 3.63) is 57.6 Å². The lowest BCUT2D eigenvalue weighted by molar-refractivity contribution is -0.243. The Kier molecular flexibility index (Phi) is 7.82. The molecule has 1 unspecified atom stereocenters. The van der Waals surface area contributed by atoms with E-state index in [-0.39, 0.29) is 59.4 Å². The van der Waals surface area contributed by atoms with E-state index in [1.165, 1.54) is 30.9 Å². The van der Waals surface area contributed by atoms with E-state index in [9.17, 15) is 34.5 Å². The molecule has 2 aromatic carbocycles. The average molecular weight is 627 g/mol. The number of ether oxygens (including phenoxy) is 5. The zero-order valence-electron chi connectivity index (χ0n) is 24.8. The van der Waals surface area contributed by atoms with Gasteiger partial charge in [-0.2, -0.15) is 0 Å². The number of esters is 1. The Morgan fingerprint density at radius 2 is 1.76 bits per heavy atom. The molecule has 6 rings (SSSR count). The number of nitrogens with two attached hydrogens (primary N) is 1. The van der Waals surface area contributed by atoms with E-state index >= 15 is 0 Å². The van der Waals surface area contributed by atoms with Crippen LogP contribution in [0.15, 0.2) is 24.3 Å². The highest BCUT2D eigenvalue weighted by molar-refractivity contribution is 6.30. The van der Waals surface area contributed by atoms with Crippen molar-refractivity contribution in [2.45, 2.75) is 82.3 Å². The SMILES string of the molecule is CC(=O)OCOC(=O)N1CO[C@@H]2[C@H](C)O[C@@H](O[C@H]3C[C@](N)(C(C)O)Cc4c(O)c5c(c(O)c43)C(=O)c3ccccc3C5=O)C[C@@H]21. The number of aliphatic hydroxyl groups excluding tert-OH is 1. The molecule has 2 aliphatic heterocycles. The van der Waals surface area contributed by atoms with Crippen molar-refractivity contribution >= 4 is 23.6 Å². The molecular formula is C31H34N2O12. The van der Waals surface area contributed by atoms with Gasteiger partial charge >= 0.3 is 12.1 Å². The minimum atomic E-state index is -1.36. The minimum Gasteiger partial charge on any atom is -0.507 e. The summed E-state index contributed by atoms with van der Waals surface area (Å²) in [6.45, 7) is 3.74. The normalized spacial score (nSPS) is 29.3. The number of ketones is 2. The van der Waals surface area contributed by atoms with E-state index < -0.39 is 84.2 Å². The standard InChI is InChI=1S/C31H34N2O12/c1-13-29-19(33(11-41-29)30(40)43-12-42-15(3)35)8-21(44-13)45-20-10-31(32,14(2)34)9-18-22(20)28(39)24-23(27(18)38)25(36)16-6-4-5-7-17(16)26(24)37/h4-7,13-14,19-21,29,34,38-39H,8-12,32H2,1-3H3/t13-,14?,19-,20-,21-,29+,31-/m0/s1. The summed E-state index contributed by atoms with van der Waals surface area (Å²) in [5.41, 5.74) is 4.94. The van der Waals surface area contributed by atoms with E-state index in [2.05, 4.69) is 0 Å². The zero-order chi connectivity index (χ0) is 32.4. The highest BCUT2D eigenvalue weighted by Gasteiger charge is 2.51. The number of phenols is 2. The highest BCUT2D eigenvalue weighted by Crippen LogP contribution is 2.52. The largest absolute Gasteiger partial charge is 0.507 e. The summed E-state index contributed by atoms with van der Waals surface area (Å²) < 4.78 is 28.0. The lowest BCUT2D eigenvalue weighted by Gasteiger charge is -2.44. The van der Waals surface area contributed by atoms with Gasteiger partial charge in [-0.1, -0.05) is 24.3 Å². The number of benzene rings is 2. The summed E-state index contributed by atoms with van der Waals surface area (Å²) in [6, 6.07) is 5.57. The molecule has 0 saturated carbocycles. The molecule has 5 N–H and O–H groups in total. The van der Waals surface area contributed by atoms with Crippen LogP contribution in [-0.4, -0.2) is 93.6 Å². The van der Waals surface area contributed by atoms with Crippen LogP contribution in [0, 0.1) is 0 Å². The number of carbonyl (C=O) groups is 4. The number of amides is 1. The first-order valence-corrected chi connectivity index (χ1v) is 14.6. The maximum absolute atomic E-state index is 13.6. The molecule has 0 radical (unpaired) electrons. The van der Waals surface area contributed by atoms with Crippen LogP contribution in [-0.2, 0) is 34.9 Å². The molecule has 0 bridgehead atoms. The van der Waals surface area contributed by atoms with Gasteiger partial charge in [-0.05, 0) is 26.7 Å². The van der Waals surface area contributed by atoms with Crippen LogP contribution in [0.4, 0.5) is 4.79 Å². The van der Waals surface area contributed by atoms with Crippen LogP contribution in [0.1, 0.15) is 82.7 Å². The smallest absolute Gasteiger partial charge is 0.414 e. The summed E-state index contributed by atoms with van der Waals surface area (Å²) in [4.78, 5) is 52.2. The number of hydrogen-bond acceptors (Lipinski definition) is 13. The molecule has 14 heteroatoms. The van der Waals surface area contributed by atoms with Gasteiger partial charge in [-0.25, -0.2) is 4.79 Å². The number of rotatable bonds is 5. The van der Waals surface area contributed by atoms with Crippen LogP contribution in [0.2, 0.25) is 0 Å². The van der Waals surface area contributed by atoms with Gasteiger partial charge in [0.1, 0.15) is 24.3 Å². The Morgan fingerprint density at radius 1 is 1.11 bits per heavy atom. The first-order valence-electron chi connectivity index (χ1n) is 14.6. The Balaban J connectivity index is 1.35. The molecule has 4 aliphatic rings. The third kappa shape index (κ3) is 5.12. The average Bonchev–Trinajstić information content (AvgIpc) is 3.42. The second kappa shape index (κ2) is 11.4. The summed E-state index contributed by atoms with van der Waals surface area (Å²) in [5.74, 6) is -2.91. The fraction of sp³-hybridized carbons (Fsp3) is 0.484. The Bertz CT molecular complexity index is 1590. The van der Waals surface area contributed by atoms with Crippen LogP contribution >= 0.6 is 0 Å². The van der Waals surface area contributed by atoms with Gasteiger partial charge in [-0.15, -0.1) is 0 Å². The molecule has 0 spiro atoms. The Morgan fingerprint density at radius 3 is 2.38 bits per heavy atom. The molecule has 14 nitrogen and oxygen atoms in total. The van der Waals surface area contributed by atoms with Gasteiger partial charge in [-0.3, -0.25) is 19.3 Å². The van der Waals surface area contributed by atoms with E-state index in [4.69, 9.17) is 29.4 Å². The van der Waals surface area contributed by atoms with Gasteiger partial charge in [0.15, 0.2) is 17.9 Å². The molecule has 2 saturated heterocycles. The van der Waals surface area contributed by atoms with Crippen LogP contribution < -0.4 is 5.73 Å². The molecule has 2 aliphatic carbocycles. The lowest BCUT2D eigenvalue weighted by Crippen LogP contribution is -2.56. The molecule has 2 fully saturated rings. The molecule has 45 heavy (non-hydrogen) atoms. The number of aromatic hydroxyl groups is 2. The van der Waals surface area contributed by atoms with E-state index in [1.807, 2.05) is 0 Å². The molecule has 7 atom stereocenters. The summed E-state index contributed by atoms with van der Waals surface area (Å²) >= 11 is 0. The molecule has 2 aromatic rings. The maximum Gasteiger partial charge on any atom is 0.414 e. The molecule has 240 valence electrons. The van der Waals surface area contributed by atoms with E-state index in [0.29, 0.717) is 0 Å². The van der Waals surface area contributed by atoms with Gasteiger partial charge in [0.25, 0.3) is 0 Å². The number of nitrogens with zero attached hydrogens (tertiary/aromatic N) is 1. The molecule has 0 aromatic heterocycles. The van der Waals surface area contributed by atoms with Gasteiger partial charge in [0.05, 0.1) is 35.5 Å². The Labute approximate surface area is 257 Å². The number of fused-ring (bicyclic) bond motifs is 4. The molecular weight excluding hydrogens is 592 g/mol. The molecule has 1 amide bonds. The first-order chi connectivity index (χ1) is 21.3. The minimum absolute atomic E-state index is 0.0465. The van der Waals surface area contributed by atoms with Crippen molar-refractivity contribution in [2.24, 2.45) is 5.73 Å². The Hall–Kier alpha value is -4.08. The van der Waals surface area contributed by atoms with Crippen molar-refractivity contribution < 1.29 is 58.2 Å². The van der Waals surface area contributed by atoms with Gasteiger partial charge < -0.3 is 44.7 Å². The quantitative estimate of drug-likeness (QED) is 0.181. The predicted molar refractivity (Wildman–Crippen MR) is 151 cm³/mol. The van der Waals surface area contributed by atoms with E-state index in [1.54, 1.807) is 19.1 Å². The number of hydrogen-bond donors (Lipinski definition) is 4. The van der Waals surface area contributed by atoms with Gasteiger partial charge in [0, 0.05) is 41.1 Å². The second-order valence-electron chi connectivity index (χ2n) is 11.9. The fourth-order valence-corrected chi connectivity index (χ4v) is 6.73. The second-order valence-corrected chi connectivity index (χ2v) is 11.9. The number of aliphatic hydroxyl groups is 1. The summed E-state index contributed by atoms with van der Waals surface area (Å²) in [5, 5.41) is 33.8. The third-order valence-electron chi connectivity index (χ3n) is 9.13. The van der Waals surface area contributed by atoms with Crippen molar-refractivity contribution in [3.63, 3.8) is 0 Å². The highest BCUT2D eigenvalue weighted by atomic mass is 16.7. The zero-order valence-corrected chi connectivity index (χ0v) is 24.8. The lowest BCUT2D eigenvalue weighted by atomic mass is 9.70. The van der Waals surface area contributed by atoms with E-state index in [0.717, 1.165) is 0 Å². The third-order valence-corrected chi connectivity index (χ3v) is 9.13. The van der Waals surface area contributed by atoms with Crippen LogP contribution in [0.25, 0.3) is 0 Å². The van der Waals surface area contributed by atoms with Crippen LogP contribution in [0.5, 0.6) is 11.5 Å². The van der Waals surface area contributed by atoms with Crippen molar-refractivity contribution in [2.75, 3.05) is 13.5 Å². The fourth-order valence-electron chi connectivity index (χ4n) is 6.73. The monoisotopic (exact) mass is 626 g/mol. The van der Waals surface area contributed by atoms with Crippen molar-refractivity contribution in [1.82, 2.24) is 4.90 Å². The topological polar surface area (TPSA) is 204 Å². The number of phenolic OH excluding ortho intramolecular Hbond substituents is 2. The van der Waals surface area contributed by atoms with Crippen molar-refractivity contribution in [1.29, 1.82) is 0 Å². The van der Waals surface area contributed by atoms with Gasteiger partial charge in [0.2, 0.25) is 6.79 Å². The molecule has 2 heterocycles. The maximum atomic E-state index is 13.6. The predicted octanol–water partition coefficient (Wildman–Crippen LogP) is 1.77. The summed E-state index contributed by atoms with van der Waals surface area (Å²) in [6.07, 6.45) is -5.15. The van der Waals surface area contributed by atoms with Crippen LogP contribution in [0.3, 0.4) is 0 Å². The summed E-state index contributed by atoms with van der Waals surface area (Å²) in [7, 11) is 0. The number of carbonyl (C=O) groups excluding carboxylic acids is 4. The first kappa shape index (κ1) is 30.9. The van der Waals surface area contributed by atoms with Crippen molar-refractivity contribution in [3.8, 4) is 11.5 Å².